The van der Waals surface area contributed by atoms with Crippen molar-refractivity contribution in [2.45, 2.75) is 0 Å². The SMILES string of the molecule is COc1ccc2ccccc2c1C=NNc1ccc(Br)cc1. The van der Waals surface area contributed by atoms with Crippen molar-refractivity contribution in [1.29, 1.82) is 0 Å². The Labute approximate surface area is 137 Å². The van der Waals surface area contributed by atoms with Crippen molar-refractivity contribution in [3.8, 4) is 5.75 Å². The van der Waals surface area contributed by atoms with E-state index in [0.29, 0.717) is 0 Å². The zero-order valence-electron chi connectivity index (χ0n) is 12.1. The monoisotopic (exact) mass is 354 g/mol. The van der Waals surface area contributed by atoms with Crippen LogP contribution in [0.2, 0.25) is 0 Å². The van der Waals surface area contributed by atoms with E-state index in [9.17, 15) is 0 Å². The third-order valence-corrected chi connectivity index (χ3v) is 3.91. The molecule has 0 fully saturated rings. The minimum Gasteiger partial charge on any atom is -0.496 e. The van der Waals surface area contributed by atoms with Crippen LogP contribution in [0.15, 0.2) is 70.2 Å². The number of ether oxygens (including phenoxy) is 1. The lowest BCUT2D eigenvalue weighted by Gasteiger charge is -2.08. The first-order chi connectivity index (χ1) is 10.8. The van der Waals surface area contributed by atoms with Crippen LogP contribution in [0.25, 0.3) is 10.8 Å². The van der Waals surface area contributed by atoms with E-state index in [1.807, 2.05) is 48.5 Å². The van der Waals surface area contributed by atoms with Gasteiger partial charge in [0.2, 0.25) is 0 Å². The third-order valence-electron chi connectivity index (χ3n) is 3.38. The first-order valence-corrected chi connectivity index (χ1v) is 7.67. The van der Waals surface area contributed by atoms with Gasteiger partial charge in [0.25, 0.3) is 0 Å². The maximum absolute atomic E-state index is 5.45. The van der Waals surface area contributed by atoms with E-state index in [2.05, 4.69) is 38.6 Å². The molecule has 0 atom stereocenters. The third kappa shape index (κ3) is 3.12. The minimum absolute atomic E-state index is 0.806. The molecule has 0 heterocycles. The Morgan fingerprint density at radius 3 is 2.55 bits per heavy atom. The Balaban J connectivity index is 1.91. The molecule has 0 amide bonds. The van der Waals surface area contributed by atoms with Gasteiger partial charge in [0.15, 0.2) is 0 Å². The van der Waals surface area contributed by atoms with E-state index < -0.39 is 0 Å². The number of anilines is 1. The summed E-state index contributed by atoms with van der Waals surface area (Å²) in [6, 6.07) is 20.1. The van der Waals surface area contributed by atoms with Crippen molar-refractivity contribution in [3.05, 3.63) is 70.7 Å². The molecule has 0 aliphatic rings. The van der Waals surface area contributed by atoms with Crippen LogP contribution in [0.3, 0.4) is 0 Å². The van der Waals surface area contributed by atoms with Gasteiger partial charge in [-0.2, -0.15) is 5.10 Å². The summed E-state index contributed by atoms with van der Waals surface area (Å²) in [4.78, 5) is 0. The molecule has 3 aromatic carbocycles. The summed E-state index contributed by atoms with van der Waals surface area (Å²) in [5, 5.41) is 6.60. The predicted octanol–water partition coefficient (Wildman–Crippen LogP) is 5.06. The molecule has 0 saturated heterocycles. The van der Waals surface area contributed by atoms with Crippen molar-refractivity contribution in [1.82, 2.24) is 0 Å². The van der Waals surface area contributed by atoms with E-state index >= 15 is 0 Å². The summed E-state index contributed by atoms with van der Waals surface area (Å²) < 4.78 is 6.49. The highest BCUT2D eigenvalue weighted by atomic mass is 79.9. The molecular formula is C18H15BrN2O. The van der Waals surface area contributed by atoms with Gasteiger partial charge < -0.3 is 4.74 Å². The van der Waals surface area contributed by atoms with Gasteiger partial charge in [0.05, 0.1) is 19.0 Å². The second-order valence-electron chi connectivity index (χ2n) is 4.78. The topological polar surface area (TPSA) is 33.6 Å². The van der Waals surface area contributed by atoms with Gasteiger partial charge >= 0.3 is 0 Å². The second kappa shape index (κ2) is 6.62. The molecule has 4 heteroatoms. The first-order valence-electron chi connectivity index (χ1n) is 6.88. The van der Waals surface area contributed by atoms with E-state index in [4.69, 9.17) is 4.74 Å². The largest absolute Gasteiger partial charge is 0.496 e. The van der Waals surface area contributed by atoms with E-state index in [-0.39, 0.29) is 0 Å². The van der Waals surface area contributed by atoms with E-state index in [0.717, 1.165) is 32.2 Å². The van der Waals surface area contributed by atoms with Crippen molar-refractivity contribution >= 4 is 38.6 Å². The highest BCUT2D eigenvalue weighted by Crippen LogP contribution is 2.26. The fourth-order valence-electron chi connectivity index (χ4n) is 2.28. The van der Waals surface area contributed by atoms with Gasteiger partial charge in [-0.15, -0.1) is 0 Å². The average Bonchev–Trinajstić information content (AvgIpc) is 2.56. The number of benzene rings is 3. The normalized spacial score (nSPS) is 11.0. The minimum atomic E-state index is 0.806. The number of hydrogen-bond donors (Lipinski definition) is 1. The zero-order chi connectivity index (χ0) is 15.4. The molecule has 3 aromatic rings. The smallest absolute Gasteiger partial charge is 0.128 e. The van der Waals surface area contributed by atoms with Crippen molar-refractivity contribution < 1.29 is 4.74 Å². The molecule has 22 heavy (non-hydrogen) atoms. The molecular weight excluding hydrogens is 340 g/mol. The number of nitrogens with one attached hydrogen (secondary N) is 1. The van der Waals surface area contributed by atoms with Crippen LogP contribution in [0.5, 0.6) is 5.75 Å². The van der Waals surface area contributed by atoms with Crippen molar-refractivity contribution in [2.75, 3.05) is 12.5 Å². The fourth-order valence-corrected chi connectivity index (χ4v) is 2.55. The van der Waals surface area contributed by atoms with Gasteiger partial charge in [0, 0.05) is 10.0 Å². The van der Waals surface area contributed by atoms with Crippen molar-refractivity contribution in [2.24, 2.45) is 5.10 Å². The molecule has 0 aliphatic carbocycles. The summed E-state index contributed by atoms with van der Waals surface area (Å²) in [5.41, 5.74) is 4.92. The van der Waals surface area contributed by atoms with Gasteiger partial charge in [-0.3, -0.25) is 5.43 Å². The quantitative estimate of drug-likeness (QED) is 0.524. The fraction of sp³-hybridized carbons (Fsp3) is 0.0556. The molecule has 0 unspecified atom stereocenters. The Morgan fingerprint density at radius 2 is 1.77 bits per heavy atom. The number of halogens is 1. The van der Waals surface area contributed by atoms with Crippen LogP contribution in [0, 0.1) is 0 Å². The lowest BCUT2D eigenvalue weighted by atomic mass is 10.0. The predicted molar refractivity (Wildman–Crippen MR) is 95.9 cm³/mol. The number of fused-ring (bicyclic) bond motifs is 1. The number of methoxy groups -OCH3 is 1. The number of hydrogen-bond acceptors (Lipinski definition) is 3. The molecule has 0 bridgehead atoms. The summed E-state index contributed by atoms with van der Waals surface area (Å²) >= 11 is 3.41. The van der Waals surface area contributed by atoms with Gasteiger partial charge in [-0.05, 0) is 41.1 Å². The second-order valence-corrected chi connectivity index (χ2v) is 5.70. The Kier molecular flexibility index (Phi) is 4.39. The van der Waals surface area contributed by atoms with Crippen LogP contribution in [-0.4, -0.2) is 13.3 Å². The zero-order valence-corrected chi connectivity index (χ0v) is 13.7. The van der Waals surface area contributed by atoms with Gasteiger partial charge in [-0.25, -0.2) is 0 Å². The molecule has 0 saturated carbocycles. The molecule has 1 N–H and O–H groups in total. The Morgan fingerprint density at radius 1 is 1.00 bits per heavy atom. The number of nitrogens with zero attached hydrogens (tertiary/aromatic N) is 1. The van der Waals surface area contributed by atoms with Crippen LogP contribution >= 0.6 is 15.9 Å². The van der Waals surface area contributed by atoms with Crippen LogP contribution in [0.4, 0.5) is 5.69 Å². The lowest BCUT2D eigenvalue weighted by molar-refractivity contribution is 0.415. The molecule has 0 spiro atoms. The van der Waals surface area contributed by atoms with Crippen molar-refractivity contribution in [3.63, 3.8) is 0 Å². The number of hydrazone groups is 1. The van der Waals surface area contributed by atoms with Crippen LogP contribution in [-0.2, 0) is 0 Å². The summed E-state index contributed by atoms with van der Waals surface area (Å²) in [5.74, 6) is 0.806. The summed E-state index contributed by atoms with van der Waals surface area (Å²) in [6.07, 6.45) is 1.79. The van der Waals surface area contributed by atoms with E-state index in [1.54, 1.807) is 13.3 Å². The maximum atomic E-state index is 5.45. The Bertz CT molecular complexity index is 813. The average molecular weight is 355 g/mol. The first kappa shape index (κ1) is 14.6. The highest BCUT2D eigenvalue weighted by molar-refractivity contribution is 9.10. The standard InChI is InChI=1S/C18H15BrN2O/c1-22-18-11-6-13-4-2-3-5-16(13)17(18)12-20-21-15-9-7-14(19)8-10-15/h2-12,21H,1H3. The number of rotatable bonds is 4. The summed E-state index contributed by atoms with van der Waals surface area (Å²) in [7, 11) is 1.67. The molecule has 3 rings (SSSR count). The van der Waals surface area contributed by atoms with E-state index in [1.165, 1.54) is 0 Å². The molecule has 0 aromatic heterocycles. The van der Waals surface area contributed by atoms with Crippen LogP contribution < -0.4 is 10.2 Å². The van der Waals surface area contributed by atoms with Gasteiger partial charge in [0.1, 0.15) is 5.75 Å². The highest BCUT2D eigenvalue weighted by Gasteiger charge is 2.05. The molecule has 110 valence electrons. The summed E-state index contributed by atoms with van der Waals surface area (Å²) in [6.45, 7) is 0. The lowest BCUT2D eigenvalue weighted by Crippen LogP contribution is -1.95. The Hall–Kier alpha value is -2.33. The maximum Gasteiger partial charge on any atom is 0.128 e. The molecule has 0 aliphatic heterocycles. The van der Waals surface area contributed by atoms with Gasteiger partial charge in [-0.1, -0.05) is 46.3 Å². The molecule has 3 nitrogen and oxygen atoms in total. The molecule has 0 radical (unpaired) electrons. The van der Waals surface area contributed by atoms with Crippen LogP contribution in [0.1, 0.15) is 5.56 Å².